The Labute approximate surface area is 197 Å². The lowest BCUT2D eigenvalue weighted by Crippen LogP contribution is -2.40. The predicted molar refractivity (Wildman–Crippen MR) is 128 cm³/mol. The van der Waals surface area contributed by atoms with Crippen molar-refractivity contribution >= 4 is 22.5 Å². The molecule has 8 heteroatoms. The summed E-state index contributed by atoms with van der Waals surface area (Å²) in [4.78, 5) is 5.60. The maximum atomic E-state index is 10.6. The number of aromatic amines is 1. The monoisotopic (exact) mass is 466 g/mol. The van der Waals surface area contributed by atoms with Gasteiger partial charge in [0.1, 0.15) is 24.2 Å². The summed E-state index contributed by atoms with van der Waals surface area (Å²) in [5.74, 6) is 2.22. The van der Waals surface area contributed by atoms with Gasteiger partial charge in [-0.3, -0.25) is 0 Å². The first-order valence-electron chi connectivity index (χ1n) is 11.3. The summed E-state index contributed by atoms with van der Waals surface area (Å²) in [6, 6.07) is 15.9. The highest BCUT2D eigenvalue weighted by molar-refractivity contribution is 6.30. The van der Waals surface area contributed by atoms with Gasteiger partial charge in [-0.15, -0.1) is 10.2 Å². The number of halogens is 1. The molecule has 2 aromatic heterocycles. The summed E-state index contributed by atoms with van der Waals surface area (Å²) in [7, 11) is 0. The van der Waals surface area contributed by atoms with E-state index in [2.05, 4.69) is 32.2 Å². The van der Waals surface area contributed by atoms with E-state index in [1.165, 1.54) is 5.56 Å². The molecule has 3 heterocycles. The van der Waals surface area contributed by atoms with Crippen LogP contribution in [0.15, 0.2) is 52.9 Å². The van der Waals surface area contributed by atoms with Crippen molar-refractivity contribution in [2.24, 2.45) is 0 Å². The Bertz CT molecular complexity index is 1210. The Balaban J connectivity index is 1.16. The molecule has 4 aromatic rings. The summed E-state index contributed by atoms with van der Waals surface area (Å²) in [6.45, 7) is 4.52. The zero-order chi connectivity index (χ0) is 22.8. The molecule has 0 aliphatic carbocycles. The zero-order valence-electron chi connectivity index (χ0n) is 18.5. The lowest BCUT2D eigenvalue weighted by atomic mass is 9.89. The number of nitrogens with one attached hydrogen (secondary N) is 1. The quantitative estimate of drug-likeness (QED) is 0.407. The second-order valence-electron chi connectivity index (χ2n) is 8.62. The molecule has 1 atom stereocenters. The van der Waals surface area contributed by atoms with Gasteiger partial charge in [0, 0.05) is 29.4 Å². The molecule has 0 amide bonds. The van der Waals surface area contributed by atoms with Crippen LogP contribution in [0.2, 0.25) is 5.02 Å². The van der Waals surface area contributed by atoms with Gasteiger partial charge in [0.25, 0.3) is 5.89 Å². The molecular weight excluding hydrogens is 440 g/mol. The van der Waals surface area contributed by atoms with Crippen LogP contribution >= 0.6 is 11.6 Å². The Hall–Kier alpha value is -2.87. The minimum atomic E-state index is -0.565. The highest BCUT2D eigenvalue weighted by atomic mass is 35.5. The minimum absolute atomic E-state index is 0.233. The molecule has 172 valence electrons. The number of nitrogens with zero attached hydrogens (tertiary/aromatic N) is 3. The fourth-order valence-electron chi connectivity index (χ4n) is 4.49. The zero-order valence-corrected chi connectivity index (χ0v) is 19.3. The van der Waals surface area contributed by atoms with Gasteiger partial charge in [0.2, 0.25) is 5.89 Å². The fraction of sp³-hybridized carbons (Fsp3) is 0.360. The van der Waals surface area contributed by atoms with Crippen LogP contribution < -0.4 is 4.74 Å². The lowest BCUT2D eigenvalue weighted by Gasteiger charge is -2.33. The van der Waals surface area contributed by atoms with Gasteiger partial charge >= 0.3 is 0 Å². The third-order valence-electron chi connectivity index (χ3n) is 6.21. The maximum absolute atomic E-state index is 10.6. The van der Waals surface area contributed by atoms with Crippen molar-refractivity contribution in [2.75, 3.05) is 26.2 Å². The average Bonchev–Trinajstić information content (AvgIpc) is 3.45. The first-order valence-corrected chi connectivity index (χ1v) is 11.6. The lowest BCUT2D eigenvalue weighted by molar-refractivity contribution is 0.0599. The number of aliphatic hydroxyl groups excluding tert-OH is 1. The summed E-state index contributed by atoms with van der Waals surface area (Å²) < 4.78 is 11.5. The van der Waals surface area contributed by atoms with E-state index >= 15 is 0 Å². The predicted octanol–water partition coefficient (Wildman–Crippen LogP) is 4.80. The average molecular weight is 467 g/mol. The van der Waals surface area contributed by atoms with E-state index in [-0.39, 0.29) is 6.61 Å². The molecule has 5 rings (SSSR count). The third-order valence-corrected chi connectivity index (χ3v) is 6.46. The van der Waals surface area contributed by atoms with E-state index in [0.717, 1.165) is 47.6 Å². The van der Waals surface area contributed by atoms with Crippen molar-refractivity contribution < 1.29 is 14.3 Å². The summed E-state index contributed by atoms with van der Waals surface area (Å²) >= 11 is 6.01. The summed E-state index contributed by atoms with van der Waals surface area (Å²) in [5, 5.41) is 20.3. The van der Waals surface area contributed by atoms with Gasteiger partial charge in [0.15, 0.2) is 0 Å². The number of aryl methyl sites for hydroxylation is 1. The number of aromatic nitrogens is 3. The van der Waals surface area contributed by atoms with Gasteiger partial charge in [-0.1, -0.05) is 29.8 Å². The number of rotatable bonds is 7. The van der Waals surface area contributed by atoms with Crippen LogP contribution in [0.3, 0.4) is 0 Å². The van der Waals surface area contributed by atoms with Crippen molar-refractivity contribution in [2.45, 2.75) is 31.8 Å². The number of benzene rings is 2. The number of β-amino-alcohol motifs (C(OH)–C–C–N with tert-alkyl or cyclic N) is 1. The molecule has 1 aliphatic rings. The Morgan fingerprint density at radius 2 is 1.97 bits per heavy atom. The van der Waals surface area contributed by atoms with Crippen LogP contribution in [0.1, 0.15) is 30.2 Å². The van der Waals surface area contributed by atoms with Gasteiger partial charge < -0.3 is 24.1 Å². The molecule has 7 nitrogen and oxygen atoms in total. The molecular formula is C25H27ClN4O3. The Kier molecular flexibility index (Phi) is 6.35. The van der Waals surface area contributed by atoms with Crippen LogP contribution in [-0.4, -0.2) is 57.5 Å². The smallest absolute Gasteiger partial charge is 0.264 e. The number of hydrogen-bond donors (Lipinski definition) is 2. The van der Waals surface area contributed by atoms with Crippen molar-refractivity contribution in [1.82, 2.24) is 20.1 Å². The number of piperidine rings is 1. The molecule has 0 radical (unpaired) electrons. The number of likely N-dealkylation sites (tertiary alicyclic amines) is 1. The highest BCUT2D eigenvalue weighted by Crippen LogP contribution is 2.31. The standard InChI is InChI=1S/C25H27ClN4O3/c1-16-28-29-25(33-16)23-13-21-22(27-23)3-2-4-24(21)32-15-20(31)14-30-11-9-18(10-12-30)17-5-7-19(26)8-6-17/h2-8,13,18,20,27,31H,9-12,14-15H2,1H3/t20-/m0/s1. The van der Waals surface area contributed by atoms with E-state index in [1.54, 1.807) is 6.92 Å². The van der Waals surface area contributed by atoms with Crippen LogP contribution in [-0.2, 0) is 0 Å². The van der Waals surface area contributed by atoms with Crippen LogP contribution in [0.5, 0.6) is 5.75 Å². The van der Waals surface area contributed by atoms with Crippen LogP contribution in [0, 0.1) is 6.92 Å². The highest BCUT2D eigenvalue weighted by Gasteiger charge is 2.22. The number of fused-ring (bicyclic) bond motifs is 1. The van der Waals surface area contributed by atoms with E-state index in [0.29, 0.717) is 30.0 Å². The molecule has 1 fully saturated rings. The largest absolute Gasteiger partial charge is 0.490 e. The number of hydrogen-bond acceptors (Lipinski definition) is 6. The Morgan fingerprint density at radius 3 is 2.70 bits per heavy atom. The Morgan fingerprint density at radius 1 is 1.18 bits per heavy atom. The number of aliphatic hydroxyl groups is 1. The first kappa shape index (κ1) is 21.9. The molecule has 2 aromatic carbocycles. The summed E-state index contributed by atoms with van der Waals surface area (Å²) in [5.41, 5.74) is 3.00. The van der Waals surface area contributed by atoms with Gasteiger partial charge in [0.05, 0.1) is 0 Å². The molecule has 33 heavy (non-hydrogen) atoms. The molecule has 0 saturated carbocycles. The van der Waals surface area contributed by atoms with Crippen LogP contribution in [0.25, 0.3) is 22.5 Å². The van der Waals surface area contributed by atoms with Gasteiger partial charge in [-0.2, -0.15) is 0 Å². The minimum Gasteiger partial charge on any atom is -0.490 e. The van der Waals surface area contributed by atoms with Crippen molar-refractivity contribution in [3.05, 3.63) is 65.0 Å². The van der Waals surface area contributed by atoms with Crippen molar-refractivity contribution in [3.8, 4) is 17.3 Å². The summed E-state index contributed by atoms with van der Waals surface area (Å²) in [6.07, 6.45) is 1.59. The van der Waals surface area contributed by atoms with E-state index in [4.69, 9.17) is 20.8 Å². The SMILES string of the molecule is Cc1nnc(-c2cc3c(OC[C@@H](O)CN4CCC(c5ccc(Cl)cc5)CC4)cccc3[nH]2)o1. The van der Waals surface area contributed by atoms with Gasteiger partial charge in [-0.05, 0) is 67.7 Å². The molecule has 0 bridgehead atoms. The number of H-pyrrole nitrogens is 1. The molecule has 0 spiro atoms. The van der Waals surface area contributed by atoms with E-state index < -0.39 is 6.10 Å². The van der Waals surface area contributed by atoms with Crippen LogP contribution in [0.4, 0.5) is 0 Å². The first-order chi connectivity index (χ1) is 16.0. The maximum Gasteiger partial charge on any atom is 0.264 e. The van der Waals surface area contributed by atoms with Crippen molar-refractivity contribution in [3.63, 3.8) is 0 Å². The topological polar surface area (TPSA) is 87.4 Å². The molecule has 1 saturated heterocycles. The molecule has 1 aliphatic heterocycles. The molecule has 0 unspecified atom stereocenters. The van der Waals surface area contributed by atoms with Gasteiger partial charge in [-0.25, -0.2) is 0 Å². The second-order valence-corrected chi connectivity index (χ2v) is 9.05. The normalized spacial score (nSPS) is 16.3. The van der Waals surface area contributed by atoms with Crippen molar-refractivity contribution in [1.29, 1.82) is 0 Å². The van der Waals surface area contributed by atoms with E-state index in [9.17, 15) is 5.11 Å². The van der Waals surface area contributed by atoms with E-state index in [1.807, 2.05) is 36.4 Å². The number of ether oxygens (including phenoxy) is 1. The fourth-order valence-corrected chi connectivity index (χ4v) is 4.62. The molecule has 2 N–H and O–H groups in total. The second kappa shape index (κ2) is 9.55. The third kappa shape index (κ3) is 5.05.